The molecule has 0 radical (unpaired) electrons. The fraction of sp³-hybridized carbons (Fsp3) is 0.300. The van der Waals surface area contributed by atoms with Crippen LogP contribution in [0.15, 0.2) is 18.2 Å². The lowest BCUT2D eigenvalue weighted by molar-refractivity contribution is -0.393. The molecule has 0 saturated carbocycles. The van der Waals surface area contributed by atoms with Gasteiger partial charge in [0.15, 0.2) is 0 Å². The number of benzene rings is 1. The molecule has 9 nitrogen and oxygen atoms in total. The van der Waals surface area contributed by atoms with Crippen LogP contribution in [0.25, 0.3) is 0 Å². The third-order valence-electron chi connectivity index (χ3n) is 2.45. The molecule has 0 bridgehead atoms. The first-order chi connectivity index (χ1) is 9.23. The second-order valence-corrected chi connectivity index (χ2v) is 4.73. The number of nitrogens with one attached hydrogen (secondary N) is 1. The van der Waals surface area contributed by atoms with Gasteiger partial charge in [-0.25, -0.2) is 4.79 Å². The predicted molar refractivity (Wildman–Crippen MR) is 73.2 cm³/mol. The number of carboxylic acids is 1. The van der Waals surface area contributed by atoms with Crippen molar-refractivity contribution in [3.63, 3.8) is 0 Å². The van der Waals surface area contributed by atoms with Gasteiger partial charge in [0.2, 0.25) is 0 Å². The first-order valence-electron chi connectivity index (χ1n) is 5.34. The van der Waals surface area contributed by atoms with Crippen LogP contribution in [0.1, 0.15) is 6.92 Å². The van der Waals surface area contributed by atoms with Crippen molar-refractivity contribution >= 4 is 35.7 Å². The lowest BCUT2D eigenvalue weighted by atomic mass is 10.2. The SMILES string of the molecule is C[C@@H](S)[C@@H](Nc1ccc([N+](=O)[O-])cc1[N+](=O)[O-])C(=O)O. The Morgan fingerprint density at radius 1 is 1.35 bits per heavy atom. The maximum atomic E-state index is 11.0. The third kappa shape index (κ3) is 3.57. The van der Waals surface area contributed by atoms with Gasteiger partial charge in [-0.3, -0.25) is 20.2 Å². The third-order valence-corrected chi connectivity index (χ3v) is 2.75. The summed E-state index contributed by atoms with van der Waals surface area (Å²) in [5.41, 5.74) is -1.14. The molecule has 108 valence electrons. The lowest BCUT2D eigenvalue weighted by Gasteiger charge is -2.18. The van der Waals surface area contributed by atoms with E-state index in [1.54, 1.807) is 0 Å². The standard InChI is InChI=1S/C10H11N3O6S/c1-5(20)9(10(14)15)11-7-3-2-6(12(16)17)4-8(7)13(18)19/h2-5,9,11,20H,1H3,(H,14,15)/t5-,9-/m1/s1. The summed E-state index contributed by atoms with van der Waals surface area (Å²) in [5, 5.41) is 32.3. The van der Waals surface area contributed by atoms with Crippen molar-refractivity contribution in [3.05, 3.63) is 38.4 Å². The van der Waals surface area contributed by atoms with Gasteiger partial charge in [-0.15, -0.1) is 0 Å². The van der Waals surface area contributed by atoms with Crippen LogP contribution in [-0.2, 0) is 4.79 Å². The van der Waals surface area contributed by atoms with Gasteiger partial charge in [0.1, 0.15) is 11.7 Å². The highest BCUT2D eigenvalue weighted by molar-refractivity contribution is 7.81. The minimum absolute atomic E-state index is 0.117. The van der Waals surface area contributed by atoms with Gasteiger partial charge in [0.25, 0.3) is 11.4 Å². The number of anilines is 1. The normalized spacial score (nSPS) is 13.3. The van der Waals surface area contributed by atoms with E-state index in [-0.39, 0.29) is 5.69 Å². The molecular formula is C10H11N3O6S. The second kappa shape index (κ2) is 6.19. The maximum Gasteiger partial charge on any atom is 0.327 e. The van der Waals surface area contributed by atoms with E-state index >= 15 is 0 Å². The van der Waals surface area contributed by atoms with E-state index in [1.807, 2.05) is 0 Å². The minimum Gasteiger partial charge on any atom is -0.480 e. The van der Waals surface area contributed by atoms with Crippen molar-refractivity contribution in [1.29, 1.82) is 0 Å². The first-order valence-corrected chi connectivity index (χ1v) is 5.86. The topological polar surface area (TPSA) is 136 Å². The molecule has 0 amide bonds. The van der Waals surface area contributed by atoms with Crippen molar-refractivity contribution in [2.45, 2.75) is 18.2 Å². The molecule has 0 saturated heterocycles. The molecule has 0 heterocycles. The summed E-state index contributed by atoms with van der Waals surface area (Å²) in [5.74, 6) is -1.24. The summed E-state index contributed by atoms with van der Waals surface area (Å²) in [6.45, 7) is 1.51. The van der Waals surface area contributed by atoms with Crippen LogP contribution in [-0.4, -0.2) is 32.2 Å². The number of non-ortho nitro benzene ring substituents is 1. The molecule has 0 spiro atoms. The number of rotatable bonds is 6. The fourth-order valence-electron chi connectivity index (χ4n) is 1.46. The van der Waals surface area contributed by atoms with Crippen LogP contribution in [0.2, 0.25) is 0 Å². The van der Waals surface area contributed by atoms with Gasteiger partial charge in [-0.1, -0.05) is 6.92 Å². The highest BCUT2D eigenvalue weighted by Crippen LogP contribution is 2.30. The Balaban J connectivity index is 3.20. The van der Waals surface area contributed by atoms with Crippen molar-refractivity contribution in [1.82, 2.24) is 0 Å². The van der Waals surface area contributed by atoms with E-state index in [2.05, 4.69) is 17.9 Å². The summed E-state index contributed by atoms with van der Waals surface area (Å²) in [7, 11) is 0. The van der Waals surface area contributed by atoms with Crippen molar-refractivity contribution in [2.75, 3.05) is 5.32 Å². The molecule has 0 unspecified atom stereocenters. The number of carboxylic acid groups (broad SMARTS) is 1. The predicted octanol–water partition coefficient (Wildman–Crippen LogP) is 1.69. The summed E-state index contributed by atoms with van der Waals surface area (Å²) in [4.78, 5) is 30.9. The molecule has 2 N–H and O–H groups in total. The smallest absolute Gasteiger partial charge is 0.327 e. The molecule has 2 atom stereocenters. The van der Waals surface area contributed by atoms with Gasteiger partial charge in [0.05, 0.1) is 15.9 Å². The largest absolute Gasteiger partial charge is 0.480 e. The molecular weight excluding hydrogens is 290 g/mol. The number of aliphatic carboxylic acids is 1. The Kier molecular flexibility index (Phi) is 4.86. The van der Waals surface area contributed by atoms with E-state index in [4.69, 9.17) is 5.11 Å². The number of hydrogen-bond donors (Lipinski definition) is 3. The summed E-state index contributed by atoms with van der Waals surface area (Å²) < 4.78 is 0. The molecule has 0 aliphatic heterocycles. The van der Waals surface area contributed by atoms with Crippen LogP contribution < -0.4 is 5.32 Å². The molecule has 1 rings (SSSR count). The highest BCUT2D eigenvalue weighted by atomic mass is 32.1. The van der Waals surface area contributed by atoms with Crippen molar-refractivity contribution in [3.8, 4) is 0 Å². The van der Waals surface area contributed by atoms with E-state index in [1.165, 1.54) is 6.92 Å². The fourth-order valence-corrected chi connectivity index (χ4v) is 1.66. The number of hydrogen-bond acceptors (Lipinski definition) is 7. The first kappa shape index (κ1) is 15.7. The summed E-state index contributed by atoms with van der Waals surface area (Å²) in [6, 6.07) is 1.75. The zero-order valence-electron chi connectivity index (χ0n) is 10.2. The average Bonchev–Trinajstić information content (AvgIpc) is 2.34. The quantitative estimate of drug-likeness (QED) is 0.413. The van der Waals surface area contributed by atoms with E-state index in [9.17, 15) is 25.0 Å². The number of carbonyl (C=O) groups is 1. The highest BCUT2D eigenvalue weighted by Gasteiger charge is 2.26. The number of nitrogens with zero attached hydrogens (tertiary/aromatic N) is 2. The molecule has 0 aromatic heterocycles. The number of nitro benzene ring substituents is 2. The molecule has 1 aromatic rings. The van der Waals surface area contributed by atoms with Crippen molar-refractivity contribution in [2.24, 2.45) is 0 Å². The van der Waals surface area contributed by atoms with Crippen LogP contribution >= 0.6 is 12.6 Å². The lowest BCUT2D eigenvalue weighted by Crippen LogP contribution is -2.36. The van der Waals surface area contributed by atoms with E-state index in [0.29, 0.717) is 0 Å². The van der Waals surface area contributed by atoms with E-state index < -0.39 is 38.5 Å². The number of thiol groups is 1. The van der Waals surface area contributed by atoms with Gasteiger partial charge in [-0.05, 0) is 6.07 Å². The van der Waals surface area contributed by atoms with Crippen LogP contribution in [0.3, 0.4) is 0 Å². The molecule has 0 aliphatic carbocycles. The zero-order valence-corrected chi connectivity index (χ0v) is 11.1. The van der Waals surface area contributed by atoms with Crippen LogP contribution in [0.5, 0.6) is 0 Å². The van der Waals surface area contributed by atoms with E-state index in [0.717, 1.165) is 18.2 Å². The molecule has 0 aliphatic rings. The Morgan fingerprint density at radius 2 is 1.95 bits per heavy atom. The molecule has 20 heavy (non-hydrogen) atoms. The minimum atomic E-state index is -1.24. The second-order valence-electron chi connectivity index (χ2n) is 3.92. The maximum absolute atomic E-state index is 11.0. The van der Waals surface area contributed by atoms with Gasteiger partial charge in [0, 0.05) is 11.3 Å². The summed E-state index contributed by atoms with van der Waals surface area (Å²) in [6.07, 6.45) is 0. The number of nitro groups is 2. The monoisotopic (exact) mass is 301 g/mol. The van der Waals surface area contributed by atoms with Crippen LogP contribution in [0, 0.1) is 20.2 Å². The van der Waals surface area contributed by atoms with Gasteiger partial charge < -0.3 is 10.4 Å². The molecule has 0 fully saturated rings. The zero-order chi connectivity index (χ0) is 15.4. The molecule has 1 aromatic carbocycles. The van der Waals surface area contributed by atoms with Crippen molar-refractivity contribution < 1.29 is 19.7 Å². The van der Waals surface area contributed by atoms with Gasteiger partial charge in [-0.2, -0.15) is 12.6 Å². The van der Waals surface area contributed by atoms with Crippen LogP contribution in [0.4, 0.5) is 17.1 Å². The Hall–Kier alpha value is -2.36. The average molecular weight is 301 g/mol. The Morgan fingerprint density at radius 3 is 2.35 bits per heavy atom. The molecule has 10 heteroatoms. The Labute approximate surface area is 118 Å². The van der Waals surface area contributed by atoms with Gasteiger partial charge >= 0.3 is 5.97 Å². The Bertz CT molecular complexity index is 562. The summed E-state index contributed by atoms with van der Waals surface area (Å²) >= 11 is 3.98.